The van der Waals surface area contributed by atoms with Crippen molar-refractivity contribution in [2.24, 2.45) is 5.92 Å². The predicted octanol–water partition coefficient (Wildman–Crippen LogP) is 4.07. The molecule has 2 aromatic rings. The number of aromatic nitrogens is 1. The fourth-order valence-corrected chi connectivity index (χ4v) is 4.14. The first-order valence-corrected chi connectivity index (χ1v) is 11.9. The Balaban J connectivity index is 1.39. The Morgan fingerprint density at radius 2 is 1.85 bits per heavy atom. The zero-order valence-electron chi connectivity index (χ0n) is 19.4. The van der Waals surface area contributed by atoms with Gasteiger partial charge in [-0.3, -0.25) is 9.78 Å². The molecule has 0 bridgehead atoms. The van der Waals surface area contributed by atoms with Crippen molar-refractivity contribution in [2.45, 2.75) is 57.9 Å². The Kier molecular flexibility index (Phi) is 9.54. The van der Waals surface area contributed by atoms with Gasteiger partial charge in [-0.2, -0.15) is 0 Å². The minimum absolute atomic E-state index is 0.212. The minimum atomic E-state index is -1.02. The zero-order chi connectivity index (χ0) is 23.5. The van der Waals surface area contributed by atoms with Gasteiger partial charge < -0.3 is 20.1 Å². The van der Waals surface area contributed by atoms with Crippen molar-refractivity contribution in [3.63, 3.8) is 0 Å². The van der Waals surface area contributed by atoms with Gasteiger partial charge in [0.25, 0.3) is 0 Å². The molecule has 2 heterocycles. The summed E-state index contributed by atoms with van der Waals surface area (Å²) in [6.45, 7) is 4.79. The fraction of sp³-hybridized carbons (Fsp3) is 0.500. The molecule has 1 aromatic carbocycles. The molecule has 178 valence electrons. The molecular formula is C26H35N3O4. The average molecular weight is 454 g/mol. The molecule has 1 aliphatic rings. The van der Waals surface area contributed by atoms with Crippen molar-refractivity contribution >= 4 is 17.6 Å². The number of pyridine rings is 1. The summed E-state index contributed by atoms with van der Waals surface area (Å²) in [6.07, 6.45) is 9.29. The number of carbonyl (C=O) groups excluding carboxylic acids is 1. The van der Waals surface area contributed by atoms with Gasteiger partial charge in [0.15, 0.2) is 0 Å². The van der Waals surface area contributed by atoms with E-state index in [0.29, 0.717) is 18.9 Å². The normalized spacial score (nSPS) is 15.1. The lowest BCUT2D eigenvalue weighted by Crippen LogP contribution is -2.42. The Morgan fingerprint density at radius 3 is 2.48 bits per heavy atom. The van der Waals surface area contributed by atoms with Gasteiger partial charge in [-0.05, 0) is 61.4 Å². The van der Waals surface area contributed by atoms with E-state index in [4.69, 9.17) is 4.74 Å². The third-order valence-electron chi connectivity index (χ3n) is 6.19. The molecule has 1 saturated heterocycles. The van der Waals surface area contributed by atoms with E-state index in [1.54, 1.807) is 0 Å². The van der Waals surface area contributed by atoms with Gasteiger partial charge in [0.05, 0.1) is 6.61 Å². The number of anilines is 1. The number of nitrogens with one attached hydrogen (secondary N) is 1. The fourth-order valence-electron chi connectivity index (χ4n) is 4.14. The second-order valence-corrected chi connectivity index (χ2v) is 8.68. The monoisotopic (exact) mass is 453 g/mol. The smallest absolute Gasteiger partial charge is 0.326 e. The lowest BCUT2D eigenvalue weighted by atomic mass is 9.93. The molecule has 0 saturated carbocycles. The molecule has 7 heteroatoms. The summed E-state index contributed by atoms with van der Waals surface area (Å²) >= 11 is 0. The van der Waals surface area contributed by atoms with Crippen LogP contribution >= 0.6 is 0 Å². The lowest BCUT2D eigenvalue weighted by molar-refractivity contribution is -0.141. The predicted molar refractivity (Wildman–Crippen MR) is 129 cm³/mol. The molecule has 1 unspecified atom stereocenters. The SMILES string of the molecule is CCCCC(=O)NC(Cc1ccc(OCCC2CCN(c3ccncc3)CC2)cc1)C(=O)O. The second-order valence-electron chi connectivity index (χ2n) is 8.68. The van der Waals surface area contributed by atoms with Gasteiger partial charge in [0, 0.05) is 44.0 Å². The number of unbranched alkanes of at least 4 members (excludes halogenated alkanes) is 1. The first-order valence-electron chi connectivity index (χ1n) is 11.9. The number of carboxylic acid groups (broad SMARTS) is 1. The highest BCUT2D eigenvalue weighted by Crippen LogP contribution is 2.25. The van der Waals surface area contributed by atoms with Crippen LogP contribution in [0.3, 0.4) is 0 Å². The summed E-state index contributed by atoms with van der Waals surface area (Å²) in [6, 6.07) is 10.7. The van der Waals surface area contributed by atoms with E-state index in [2.05, 4.69) is 27.3 Å². The molecule has 3 rings (SSSR count). The van der Waals surface area contributed by atoms with Crippen LogP contribution in [0, 0.1) is 5.92 Å². The first kappa shape index (κ1) is 24.6. The summed E-state index contributed by atoms with van der Waals surface area (Å²) < 4.78 is 5.93. The molecule has 2 N–H and O–H groups in total. The van der Waals surface area contributed by atoms with Crippen LogP contribution in [-0.2, 0) is 16.0 Å². The number of carboxylic acids is 1. The van der Waals surface area contributed by atoms with Crippen LogP contribution in [0.25, 0.3) is 0 Å². The number of aliphatic carboxylic acids is 1. The molecule has 0 spiro atoms. The number of hydrogen-bond acceptors (Lipinski definition) is 5. The second kappa shape index (κ2) is 12.8. The topological polar surface area (TPSA) is 91.8 Å². The Labute approximate surface area is 196 Å². The highest BCUT2D eigenvalue weighted by molar-refractivity contribution is 5.83. The summed E-state index contributed by atoms with van der Waals surface area (Å²) in [7, 11) is 0. The molecular weight excluding hydrogens is 418 g/mol. The Bertz CT molecular complexity index is 865. The van der Waals surface area contributed by atoms with Crippen LogP contribution in [0.4, 0.5) is 5.69 Å². The maximum absolute atomic E-state index is 11.9. The third kappa shape index (κ3) is 8.08. The van der Waals surface area contributed by atoms with Crippen LogP contribution in [0.2, 0.25) is 0 Å². The lowest BCUT2D eigenvalue weighted by Gasteiger charge is -2.33. The van der Waals surface area contributed by atoms with Gasteiger partial charge in [0.1, 0.15) is 11.8 Å². The van der Waals surface area contributed by atoms with Gasteiger partial charge in [-0.1, -0.05) is 25.5 Å². The van der Waals surface area contributed by atoms with Crippen molar-refractivity contribution in [3.05, 3.63) is 54.4 Å². The molecule has 1 aliphatic heterocycles. The maximum atomic E-state index is 11.9. The van der Waals surface area contributed by atoms with Crippen LogP contribution < -0.4 is 15.0 Å². The number of nitrogens with zero attached hydrogens (tertiary/aromatic N) is 2. The first-order chi connectivity index (χ1) is 16.0. The Morgan fingerprint density at radius 1 is 1.15 bits per heavy atom. The molecule has 1 aromatic heterocycles. The highest BCUT2D eigenvalue weighted by atomic mass is 16.5. The van der Waals surface area contributed by atoms with Crippen molar-refractivity contribution < 1.29 is 19.4 Å². The van der Waals surface area contributed by atoms with Crippen molar-refractivity contribution in [1.82, 2.24) is 10.3 Å². The average Bonchev–Trinajstić information content (AvgIpc) is 2.84. The molecule has 0 aliphatic carbocycles. The molecule has 1 fully saturated rings. The maximum Gasteiger partial charge on any atom is 0.326 e. The van der Waals surface area contributed by atoms with Gasteiger partial charge in [-0.15, -0.1) is 0 Å². The number of rotatable bonds is 12. The van der Waals surface area contributed by atoms with E-state index in [-0.39, 0.29) is 12.3 Å². The molecule has 0 radical (unpaired) electrons. The molecule has 1 atom stereocenters. The molecule has 33 heavy (non-hydrogen) atoms. The summed E-state index contributed by atoms with van der Waals surface area (Å²) in [5.74, 6) is 0.216. The largest absolute Gasteiger partial charge is 0.494 e. The van der Waals surface area contributed by atoms with E-state index in [1.807, 2.05) is 43.6 Å². The van der Waals surface area contributed by atoms with Crippen LogP contribution in [0.5, 0.6) is 5.75 Å². The van der Waals surface area contributed by atoms with E-state index in [9.17, 15) is 14.7 Å². The van der Waals surface area contributed by atoms with Crippen molar-refractivity contribution in [2.75, 3.05) is 24.6 Å². The van der Waals surface area contributed by atoms with Crippen LogP contribution in [0.15, 0.2) is 48.8 Å². The number of amides is 1. The van der Waals surface area contributed by atoms with E-state index in [1.165, 1.54) is 5.69 Å². The zero-order valence-corrected chi connectivity index (χ0v) is 19.4. The number of benzene rings is 1. The van der Waals surface area contributed by atoms with E-state index in [0.717, 1.165) is 56.5 Å². The van der Waals surface area contributed by atoms with Crippen LogP contribution in [-0.4, -0.2) is 47.7 Å². The number of carbonyl (C=O) groups is 2. The number of piperidine rings is 1. The summed E-state index contributed by atoms with van der Waals surface area (Å²) in [5.41, 5.74) is 2.10. The van der Waals surface area contributed by atoms with Crippen molar-refractivity contribution in [3.8, 4) is 5.75 Å². The molecule has 7 nitrogen and oxygen atoms in total. The van der Waals surface area contributed by atoms with E-state index < -0.39 is 12.0 Å². The number of ether oxygens (including phenoxy) is 1. The Hall–Kier alpha value is -3.09. The van der Waals surface area contributed by atoms with E-state index >= 15 is 0 Å². The number of hydrogen-bond donors (Lipinski definition) is 2. The van der Waals surface area contributed by atoms with Crippen molar-refractivity contribution in [1.29, 1.82) is 0 Å². The quantitative estimate of drug-likeness (QED) is 0.503. The summed E-state index contributed by atoms with van der Waals surface area (Å²) in [4.78, 5) is 29.9. The third-order valence-corrected chi connectivity index (χ3v) is 6.19. The molecule has 1 amide bonds. The standard InChI is InChI=1S/C26H35N3O4/c1-2-3-4-25(30)28-24(26(31)32)19-21-5-7-23(8-6-21)33-18-13-20-11-16-29(17-12-20)22-9-14-27-15-10-22/h5-10,14-15,20,24H,2-4,11-13,16-19H2,1H3,(H,28,30)(H,31,32). The minimum Gasteiger partial charge on any atom is -0.494 e. The highest BCUT2D eigenvalue weighted by Gasteiger charge is 2.21. The van der Waals surface area contributed by atoms with Gasteiger partial charge >= 0.3 is 5.97 Å². The van der Waals surface area contributed by atoms with Crippen LogP contribution in [0.1, 0.15) is 51.0 Å². The van der Waals surface area contributed by atoms with Gasteiger partial charge in [-0.25, -0.2) is 4.79 Å². The summed E-state index contributed by atoms with van der Waals surface area (Å²) in [5, 5.41) is 12.1. The van der Waals surface area contributed by atoms with Gasteiger partial charge in [0.2, 0.25) is 5.91 Å².